The first kappa shape index (κ1) is 12.8. The Morgan fingerprint density at radius 2 is 1.82 bits per heavy atom. The molecule has 0 bridgehead atoms. The molecule has 0 aliphatic heterocycles. The van der Waals surface area contributed by atoms with E-state index in [0.29, 0.717) is 6.61 Å². The summed E-state index contributed by atoms with van der Waals surface area (Å²) in [7, 11) is 0. The van der Waals surface area contributed by atoms with E-state index in [0.717, 1.165) is 39.1 Å². The molecule has 2 aromatic carbocycles. The number of aromatic nitrogens is 3. The molecule has 0 saturated heterocycles. The number of rotatable bonds is 3. The summed E-state index contributed by atoms with van der Waals surface area (Å²) in [6.45, 7) is 2.64. The second-order valence-electron chi connectivity index (χ2n) is 5.08. The number of hydrogen-bond acceptors (Lipinski definition) is 3. The lowest BCUT2D eigenvalue weighted by atomic mass is 10.2. The van der Waals surface area contributed by atoms with E-state index in [1.54, 1.807) is 0 Å². The SMILES string of the molecule is CCOc1ccc(-c2ncc3[nH]c4ccccc4c3n2)cc1. The number of hydrogen-bond donors (Lipinski definition) is 1. The molecule has 108 valence electrons. The highest BCUT2D eigenvalue weighted by Crippen LogP contribution is 2.26. The van der Waals surface area contributed by atoms with Gasteiger partial charge in [0.15, 0.2) is 5.82 Å². The summed E-state index contributed by atoms with van der Waals surface area (Å²) >= 11 is 0. The van der Waals surface area contributed by atoms with Crippen LogP contribution < -0.4 is 4.74 Å². The van der Waals surface area contributed by atoms with Gasteiger partial charge in [-0.2, -0.15) is 0 Å². The lowest BCUT2D eigenvalue weighted by Crippen LogP contribution is -1.92. The molecule has 2 heterocycles. The third kappa shape index (κ3) is 2.09. The Labute approximate surface area is 127 Å². The zero-order chi connectivity index (χ0) is 14.9. The van der Waals surface area contributed by atoms with Crippen LogP contribution in [0.2, 0.25) is 0 Å². The molecular formula is C18H15N3O. The van der Waals surface area contributed by atoms with E-state index in [2.05, 4.69) is 16.0 Å². The van der Waals surface area contributed by atoms with Gasteiger partial charge >= 0.3 is 0 Å². The number of aromatic amines is 1. The smallest absolute Gasteiger partial charge is 0.159 e. The Morgan fingerprint density at radius 3 is 2.64 bits per heavy atom. The predicted octanol–water partition coefficient (Wildman–Crippen LogP) is 4.18. The van der Waals surface area contributed by atoms with Crippen molar-refractivity contribution in [2.45, 2.75) is 6.92 Å². The average Bonchev–Trinajstić information content (AvgIpc) is 2.94. The Kier molecular flexibility index (Phi) is 3.00. The molecule has 0 amide bonds. The van der Waals surface area contributed by atoms with Gasteiger partial charge in [0.1, 0.15) is 5.75 Å². The first-order valence-corrected chi connectivity index (χ1v) is 7.32. The number of ether oxygens (including phenoxy) is 1. The summed E-state index contributed by atoms with van der Waals surface area (Å²) < 4.78 is 5.47. The number of fused-ring (bicyclic) bond motifs is 3. The molecule has 0 fully saturated rings. The van der Waals surface area contributed by atoms with Gasteiger partial charge in [0, 0.05) is 16.5 Å². The van der Waals surface area contributed by atoms with Crippen molar-refractivity contribution in [1.29, 1.82) is 0 Å². The highest BCUT2D eigenvalue weighted by atomic mass is 16.5. The molecule has 0 saturated carbocycles. The number of H-pyrrole nitrogens is 1. The van der Waals surface area contributed by atoms with Crippen LogP contribution in [0.5, 0.6) is 5.75 Å². The molecular weight excluding hydrogens is 274 g/mol. The Balaban J connectivity index is 1.83. The molecule has 0 aliphatic carbocycles. The molecule has 0 radical (unpaired) electrons. The van der Waals surface area contributed by atoms with Crippen molar-refractivity contribution in [2.75, 3.05) is 6.61 Å². The molecule has 0 spiro atoms. The second kappa shape index (κ2) is 5.15. The molecule has 0 atom stereocenters. The summed E-state index contributed by atoms with van der Waals surface area (Å²) in [6.07, 6.45) is 1.84. The third-order valence-corrected chi connectivity index (χ3v) is 3.66. The predicted molar refractivity (Wildman–Crippen MR) is 88.0 cm³/mol. The van der Waals surface area contributed by atoms with Crippen molar-refractivity contribution >= 4 is 21.9 Å². The largest absolute Gasteiger partial charge is 0.494 e. The zero-order valence-corrected chi connectivity index (χ0v) is 12.2. The maximum absolute atomic E-state index is 5.47. The van der Waals surface area contributed by atoms with Gasteiger partial charge < -0.3 is 9.72 Å². The molecule has 1 N–H and O–H groups in total. The molecule has 2 aromatic heterocycles. The Morgan fingerprint density at radius 1 is 1.00 bits per heavy atom. The van der Waals surface area contributed by atoms with Gasteiger partial charge in [-0.3, -0.25) is 0 Å². The van der Waals surface area contributed by atoms with E-state index < -0.39 is 0 Å². The van der Waals surface area contributed by atoms with Crippen molar-refractivity contribution in [1.82, 2.24) is 15.0 Å². The highest BCUT2D eigenvalue weighted by Gasteiger charge is 2.08. The Hall–Kier alpha value is -2.88. The molecule has 4 heteroatoms. The van der Waals surface area contributed by atoms with Gasteiger partial charge in [0.2, 0.25) is 0 Å². The van der Waals surface area contributed by atoms with Crippen molar-refractivity contribution in [3.05, 3.63) is 54.7 Å². The first-order valence-electron chi connectivity index (χ1n) is 7.32. The average molecular weight is 289 g/mol. The van der Waals surface area contributed by atoms with Gasteiger partial charge in [-0.1, -0.05) is 18.2 Å². The van der Waals surface area contributed by atoms with Crippen LogP contribution >= 0.6 is 0 Å². The van der Waals surface area contributed by atoms with Crippen LogP contribution in [-0.4, -0.2) is 21.6 Å². The fourth-order valence-electron chi connectivity index (χ4n) is 2.63. The van der Waals surface area contributed by atoms with Crippen LogP contribution in [0.15, 0.2) is 54.7 Å². The Bertz CT molecular complexity index is 942. The zero-order valence-electron chi connectivity index (χ0n) is 12.2. The van der Waals surface area contributed by atoms with Gasteiger partial charge in [0.05, 0.1) is 23.8 Å². The van der Waals surface area contributed by atoms with E-state index in [-0.39, 0.29) is 0 Å². The molecule has 0 unspecified atom stereocenters. The number of benzene rings is 2. The maximum atomic E-state index is 5.47. The summed E-state index contributed by atoms with van der Waals surface area (Å²) in [5, 5.41) is 1.12. The van der Waals surface area contributed by atoms with E-state index in [1.807, 2.05) is 55.6 Å². The van der Waals surface area contributed by atoms with Crippen LogP contribution in [0, 0.1) is 0 Å². The monoisotopic (exact) mass is 289 g/mol. The normalized spacial score (nSPS) is 11.1. The van der Waals surface area contributed by atoms with Crippen LogP contribution in [0.3, 0.4) is 0 Å². The highest BCUT2D eigenvalue weighted by molar-refractivity contribution is 6.04. The van der Waals surface area contributed by atoms with Crippen LogP contribution in [-0.2, 0) is 0 Å². The van der Waals surface area contributed by atoms with Crippen molar-refractivity contribution in [3.8, 4) is 17.1 Å². The standard InChI is InChI=1S/C18H15N3O/c1-2-22-13-9-7-12(8-10-13)18-19-11-16-17(21-18)14-5-3-4-6-15(14)20-16/h3-11,20H,2H2,1H3. The first-order chi connectivity index (χ1) is 10.8. The third-order valence-electron chi connectivity index (χ3n) is 3.66. The molecule has 0 aliphatic rings. The van der Waals surface area contributed by atoms with E-state index in [1.165, 1.54) is 0 Å². The molecule has 4 rings (SSSR count). The lowest BCUT2D eigenvalue weighted by molar-refractivity contribution is 0.340. The van der Waals surface area contributed by atoms with Crippen LogP contribution in [0.4, 0.5) is 0 Å². The maximum Gasteiger partial charge on any atom is 0.159 e. The van der Waals surface area contributed by atoms with Crippen molar-refractivity contribution in [2.24, 2.45) is 0 Å². The minimum Gasteiger partial charge on any atom is -0.494 e. The fraction of sp³-hybridized carbons (Fsp3) is 0.111. The summed E-state index contributed by atoms with van der Waals surface area (Å²) in [5.74, 6) is 1.58. The van der Waals surface area contributed by atoms with Gasteiger partial charge in [-0.15, -0.1) is 0 Å². The molecule has 4 nitrogen and oxygen atoms in total. The van der Waals surface area contributed by atoms with Gasteiger partial charge in [-0.05, 0) is 37.3 Å². The summed E-state index contributed by atoms with van der Waals surface area (Å²) in [4.78, 5) is 12.5. The summed E-state index contributed by atoms with van der Waals surface area (Å²) in [6, 6.07) is 16.0. The number of nitrogens with one attached hydrogen (secondary N) is 1. The van der Waals surface area contributed by atoms with Crippen LogP contribution in [0.25, 0.3) is 33.3 Å². The number of nitrogens with zero attached hydrogens (tertiary/aromatic N) is 2. The van der Waals surface area contributed by atoms with E-state index >= 15 is 0 Å². The topological polar surface area (TPSA) is 50.8 Å². The lowest BCUT2D eigenvalue weighted by Gasteiger charge is -2.04. The number of para-hydroxylation sites is 1. The molecule has 22 heavy (non-hydrogen) atoms. The van der Waals surface area contributed by atoms with Gasteiger partial charge in [0.25, 0.3) is 0 Å². The quantitative estimate of drug-likeness (QED) is 0.615. The molecule has 4 aromatic rings. The van der Waals surface area contributed by atoms with E-state index in [9.17, 15) is 0 Å². The van der Waals surface area contributed by atoms with Crippen molar-refractivity contribution in [3.63, 3.8) is 0 Å². The fourth-order valence-corrected chi connectivity index (χ4v) is 2.63. The minimum atomic E-state index is 0.664. The van der Waals surface area contributed by atoms with Gasteiger partial charge in [-0.25, -0.2) is 9.97 Å². The second-order valence-corrected chi connectivity index (χ2v) is 5.08. The van der Waals surface area contributed by atoms with E-state index in [4.69, 9.17) is 9.72 Å². The minimum absolute atomic E-state index is 0.664. The van der Waals surface area contributed by atoms with Crippen molar-refractivity contribution < 1.29 is 4.74 Å². The van der Waals surface area contributed by atoms with Crippen LogP contribution in [0.1, 0.15) is 6.92 Å². The summed E-state index contributed by atoms with van der Waals surface area (Å²) in [5.41, 5.74) is 3.97.